The third kappa shape index (κ3) is 5.95. The summed E-state index contributed by atoms with van der Waals surface area (Å²) in [5.41, 5.74) is 0.100. The van der Waals surface area contributed by atoms with Crippen LogP contribution in [-0.2, 0) is 4.74 Å². The minimum Gasteiger partial charge on any atom is -0.373 e. The first-order valence-corrected chi connectivity index (χ1v) is 12.5. The number of ether oxygens (including phenoxy) is 1. The highest BCUT2D eigenvalue weighted by atomic mass is 32.2. The Kier molecular flexibility index (Phi) is 7.85. The van der Waals surface area contributed by atoms with E-state index in [9.17, 15) is 19.3 Å². The van der Waals surface area contributed by atoms with Gasteiger partial charge in [-0.05, 0) is 50.8 Å². The van der Waals surface area contributed by atoms with Crippen LogP contribution < -0.4 is 0 Å². The summed E-state index contributed by atoms with van der Waals surface area (Å²) in [6.07, 6.45) is 2.22. The van der Waals surface area contributed by atoms with E-state index in [4.69, 9.17) is 4.74 Å². The monoisotopic (exact) mass is 487 g/mol. The fourth-order valence-corrected chi connectivity index (χ4v) is 5.76. The molecule has 2 saturated heterocycles. The number of piperidine rings is 1. The van der Waals surface area contributed by atoms with Crippen LogP contribution in [0.4, 0.5) is 10.1 Å². The van der Waals surface area contributed by atoms with Crippen LogP contribution in [0.5, 0.6) is 0 Å². The van der Waals surface area contributed by atoms with Gasteiger partial charge in [-0.25, -0.2) is 4.39 Å². The smallest absolute Gasteiger partial charge is 0.270 e. The maximum Gasteiger partial charge on any atom is 0.270 e. The molecule has 2 aromatic carbocycles. The minimum atomic E-state index is -0.509. The van der Waals surface area contributed by atoms with Gasteiger partial charge in [-0.2, -0.15) is 0 Å². The Balaban J connectivity index is 1.45. The molecule has 2 aromatic rings. The van der Waals surface area contributed by atoms with E-state index in [1.165, 1.54) is 24.3 Å². The molecule has 2 aliphatic rings. The number of morpholine rings is 1. The van der Waals surface area contributed by atoms with Crippen molar-refractivity contribution >= 4 is 23.4 Å². The van der Waals surface area contributed by atoms with E-state index in [2.05, 4.69) is 18.7 Å². The highest BCUT2D eigenvalue weighted by molar-refractivity contribution is 7.99. The Hall–Kier alpha value is -2.49. The zero-order valence-electron chi connectivity index (χ0n) is 19.5. The van der Waals surface area contributed by atoms with Crippen molar-refractivity contribution < 1.29 is 18.8 Å². The van der Waals surface area contributed by atoms with Crippen LogP contribution in [0.3, 0.4) is 0 Å². The molecule has 2 unspecified atom stereocenters. The number of hydrogen-bond donors (Lipinski definition) is 0. The van der Waals surface area contributed by atoms with E-state index in [0.717, 1.165) is 44.2 Å². The molecule has 0 aromatic heterocycles. The fourth-order valence-electron chi connectivity index (χ4n) is 4.82. The normalized spacial score (nSPS) is 22.0. The third-order valence-corrected chi connectivity index (χ3v) is 7.50. The van der Waals surface area contributed by atoms with Gasteiger partial charge in [-0.15, -0.1) is 0 Å². The summed E-state index contributed by atoms with van der Waals surface area (Å²) < 4.78 is 20.0. The van der Waals surface area contributed by atoms with Crippen molar-refractivity contribution in [3.8, 4) is 0 Å². The Labute approximate surface area is 203 Å². The second-order valence-electron chi connectivity index (χ2n) is 9.18. The zero-order chi connectivity index (χ0) is 24.2. The molecule has 34 heavy (non-hydrogen) atoms. The summed E-state index contributed by atoms with van der Waals surface area (Å²) in [6.45, 7) is 8.24. The Morgan fingerprint density at radius 1 is 1.12 bits per heavy atom. The molecular formula is C25H30FN3O4S. The van der Waals surface area contributed by atoms with Gasteiger partial charge < -0.3 is 9.64 Å². The lowest BCUT2D eigenvalue weighted by Gasteiger charge is -2.39. The number of amides is 1. The summed E-state index contributed by atoms with van der Waals surface area (Å²) in [7, 11) is 0. The molecule has 0 bridgehead atoms. The number of nitrogens with zero attached hydrogens (tertiary/aromatic N) is 3. The number of likely N-dealkylation sites (tertiary alicyclic amines) is 1. The zero-order valence-corrected chi connectivity index (χ0v) is 20.3. The van der Waals surface area contributed by atoms with Crippen molar-refractivity contribution in [3.63, 3.8) is 0 Å². The average Bonchev–Trinajstić information content (AvgIpc) is 2.80. The molecule has 7 nitrogen and oxygen atoms in total. The first-order chi connectivity index (χ1) is 16.3. The van der Waals surface area contributed by atoms with Gasteiger partial charge in [0.1, 0.15) is 5.82 Å². The molecular weight excluding hydrogens is 457 g/mol. The van der Waals surface area contributed by atoms with Crippen molar-refractivity contribution in [2.75, 3.05) is 32.7 Å². The number of rotatable bonds is 6. The lowest BCUT2D eigenvalue weighted by molar-refractivity contribution is -0.384. The predicted molar refractivity (Wildman–Crippen MR) is 129 cm³/mol. The van der Waals surface area contributed by atoms with Crippen LogP contribution in [0.15, 0.2) is 52.3 Å². The number of nitro benzene ring substituents is 1. The van der Waals surface area contributed by atoms with Gasteiger partial charge in [0.15, 0.2) is 0 Å². The molecule has 2 heterocycles. The SMILES string of the molecule is CC1CN(CC2CCN(C(=O)c3cc([N+](=O)[O-])ccc3Sc3ccccc3F)CC2)CC(C)O1. The quantitative estimate of drug-likeness (QED) is 0.428. The highest BCUT2D eigenvalue weighted by Crippen LogP contribution is 2.35. The molecule has 0 aliphatic carbocycles. The Morgan fingerprint density at radius 2 is 1.79 bits per heavy atom. The summed E-state index contributed by atoms with van der Waals surface area (Å²) in [5, 5.41) is 11.4. The Morgan fingerprint density at radius 3 is 2.44 bits per heavy atom. The summed E-state index contributed by atoms with van der Waals surface area (Å²) in [5.74, 6) is -0.134. The third-order valence-electron chi connectivity index (χ3n) is 6.37. The lowest BCUT2D eigenvalue weighted by atomic mass is 9.95. The molecule has 2 fully saturated rings. The van der Waals surface area contributed by atoms with Gasteiger partial charge in [0.25, 0.3) is 11.6 Å². The number of carbonyl (C=O) groups is 1. The second-order valence-corrected chi connectivity index (χ2v) is 10.3. The molecule has 0 spiro atoms. The first-order valence-electron chi connectivity index (χ1n) is 11.7. The van der Waals surface area contributed by atoms with Crippen LogP contribution in [0, 0.1) is 21.8 Å². The van der Waals surface area contributed by atoms with Crippen molar-refractivity contribution in [1.82, 2.24) is 9.80 Å². The van der Waals surface area contributed by atoms with Crippen molar-refractivity contribution in [3.05, 3.63) is 64.0 Å². The van der Waals surface area contributed by atoms with Gasteiger partial charge in [0.05, 0.1) is 22.7 Å². The number of halogens is 1. The molecule has 1 amide bonds. The van der Waals surface area contributed by atoms with Crippen LogP contribution in [0.25, 0.3) is 0 Å². The molecule has 4 rings (SSSR count). The van der Waals surface area contributed by atoms with Gasteiger partial charge in [-0.1, -0.05) is 23.9 Å². The summed E-state index contributed by atoms with van der Waals surface area (Å²) in [6, 6.07) is 10.5. The molecule has 0 N–H and O–H groups in total. The summed E-state index contributed by atoms with van der Waals surface area (Å²) in [4.78, 5) is 29.4. The van der Waals surface area contributed by atoms with Gasteiger partial charge in [-0.3, -0.25) is 19.8 Å². The van der Waals surface area contributed by atoms with E-state index in [1.807, 2.05) is 0 Å². The van der Waals surface area contributed by atoms with Crippen LogP contribution in [0.1, 0.15) is 37.0 Å². The predicted octanol–water partition coefficient (Wildman–Crippen LogP) is 4.85. The maximum atomic E-state index is 14.2. The molecule has 182 valence electrons. The summed E-state index contributed by atoms with van der Waals surface area (Å²) >= 11 is 1.11. The molecule has 9 heteroatoms. The first kappa shape index (κ1) is 24.6. The number of hydrogen-bond acceptors (Lipinski definition) is 6. The maximum absolute atomic E-state index is 14.2. The van der Waals surface area contributed by atoms with Crippen LogP contribution >= 0.6 is 11.8 Å². The molecule has 0 radical (unpaired) electrons. The van der Waals surface area contributed by atoms with Crippen LogP contribution in [0.2, 0.25) is 0 Å². The van der Waals surface area contributed by atoms with Crippen LogP contribution in [-0.4, -0.2) is 65.6 Å². The number of non-ortho nitro benzene ring substituents is 1. The fraction of sp³-hybridized carbons (Fsp3) is 0.480. The van der Waals surface area contributed by atoms with E-state index in [0.29, 0.717) is 28.8 Å². The van der Waals surface area contributed by atoms with E-state index in [1.54, 1.807) is 23.1 Å². The van der Waals surface area contributed by atoms with E-state index in [-0.39, 0.29) is 29.4 Å². The average molecular weight is 488 g/mol. The number of nitro groups is 1. The number of carbonyl (C=O) groups excluding carboxylic acids is 1. The lowest BCUT2D eigenvalue weighted by Crippen LogP contribution is -2.48. The highest BCUT2D eigenvalue weighted by Gasteiger charge is 2.30. The van der Waals surface area contributed by atoms with Gasteiger partial charge >= 0.3 is 0 Å². The molecule has 0 saturated carbocycles. The van der Waals surface area contributed by atoms with Crippen molar-refractivity contribution in [2.45, 2.75) is 48.7 Å². The topological polar surface area (TPSA) is 75.9 Å². The second kappa shape index (κ2) is 10.8. The van der Waals surface area contributed by atoms with Crippen molar-refractivity contribution in [1.29, 1.82) is 0 Å². The largest absolute Gasteiger partial charge is 0.373 e. The standard InChI is InChI=1S/C25H30FN3O4S/c1-17-14-27(15-18(2)33-17)16-19-9-11-28(12-10-19)25(30)21-13-20(29(31)32)7-8-23(21)34-24-6-4-3-5-22(24)26/h3-8,13,17-19H,9-12,14-16H2,1-2H3. The van der Waals surface area contributed by atoms with Gasteiger partial charge in [0.2, 0.25) is 0 Å². The van der Waals surface area contributed by atoms with E-state index >= 15 is 0 Å². The van der Waals surface area contributed by atoms with E-state index < -0.39 is 10.7 Å². The minimum absolute atomic E-state index is 0.147. The van der Waals surface area contributed by atoms with Crippen molar-refractivity contribution in [2.24, 2.45) is 5.92 Å². The Bertz CT molecular complexity index is 1030. The molecule has 2 atom stereocenters. The number of benzene rings is 2. The van der Waals surface area contributed by atoms with Gasteiger partial charge in [0, 0.05) is 54.6 Å². The molecule has 2 aliphatic heterocycles.